The van der Waals surface area contributed by atoms with Gasteiger partial charge in [-0.25, -0.2) is 12.8 Å². The molecule has 9 nitrogen and oxygen atoms in total. The quantitative estimate of drug-likeness (QED) is 0.360. The van der Waals surface area contributed by atoms with Crippen molar-refractivity contribution in [3.63, 3.8) is 0 Å². The van der Waals surface area contributed by atoms with Crippen LogP contribution in [0.1, 0.15) is 19.4 Å². The Balaban J connectivity index is 1.72. The first-order valence-electron chi connectivity index (χ1n) is 12.6. The highest BCUT2D eigenvalue weighted by molar-refractivity contribution is 9.10. The van der Waals surface area contributed by atoms with Gasteiger partial charge in [0.2, 0.25) is 11.8 Å². The van der Waals surface area contributed by atoms with E-state index >= 15 is 0 Å². The van der Waals surface area contributed by atoms with Crippen molar-refractivity contribution in [2.45, 2.75) is 31.3 Å². The topological polar surface area (TPSA) is 105 Å². The second-order valence-corrected chi connectivity index (χ2v) is 11.8. The van der Waals surface area contributed by atoms with Crippen LogP contribution in [0.3, 0.4) is 0 Å². The third-order valence-corrected chi connectivity index (χ3v) is 8.52. The Morgan fingerprint density at radius 2 is 1.73 bits per heavy atom. The van der Waals surface area contributed by atoms with E-state index in [0.717, 1.165) is 26.5 Å². The van der Waals surface area contributed by atoms with Crippen LogP contribution in [0.4, 0.5) is 10.1 Å². The minimum atomic E-state index is -4.35. The number of carbonyl (C=O) groups is 2. The Hall–Kier alpha value is -3.64. The van der Waals surface area contributed by atoms with Gasteiger partial charge in [-0.15, -0.1) is 0 Å². The first-order chi connectivity index (χ1) is 19.1. The molecule has 1 unspecified atom stereocenters. The molecule has 40 heavy (non-hydrogen) atoms. The average Bonchev–Trinajstić information content (AvgIpc) is 2.94. The number of fused-ring (bicyclic) bond motifs is 1. The fraction of sp³-hybridized carbons (Fsp3) is 0.286. The van der Waals surface area contributed by atoms with Crippen LogP contribution in [0.2, 0.25) is 0 Å². The van der Waals surface area contributed by atoms with Gasteiger partial charge in [0, 0.05) is 23.6 Å². The van der Waals surface area contributed by atoms with Crippen molar-refractivity contribution in [1.82, 2.24) is 10.2 Å². The van der Waals surface area contributed by atoms with Gasteiger partial charge in [0.05, 0.1) is 10.6 Å². The standard InChI is InChI=1S/C28H29BrFN3O6S/c1-3-31-28(35)19(2)32(17-20-5-4-6-21(29)15-20)27(34)18-33(23-9-7-22(30)8-10-23)40(36,37)24-11-12-25-26(16-24)39-14-13-38-25/h4-12,15-16,19H,3,13-14,17-18H2,1-2H3,(H,31,35). The van der Waals surface area contributed by atoms with Gasteiger partial charge in [-0.3, -0.25) is 13.9 Å². The summed E-state index contributed by atoms with van der Waals surface area (Å²) in [4.78, 5) is 27.8. The van der Waals surface area contributed by atoms with Crippen LogP contribution in [0.15, 0.2) is 76.1 Å². The number of hydrogen-bond acceptors (Lipinski definition) is 6. The number of halogens is 2. The number of nitrogens with one attached hydrogen (secondary N) is 1. The maximum absolute atomic E-state index is 14.0. The maximum Gasteiger partial charge on any atom is 0.264 e. The molecular weight excluding hydrogens is 605 g/mol. The van der Waals surface area contributed by atoms with E-state index in [1.54, 1.807) is 26.0 Å². The van der Waals surface area contributed by atoms with Gasteiger partial charge in [-0.2, -0.15) is 0 Å². The summed E-state index contributed by atoms with van der Waals surface area (Å²) in [6, 6.07) is 15.3. The highest BCUT2D eigenvalue weighted by Crippen LogP contribution is 2.34. The molecule has 2 amide bonds. The van der Waals surface area contributed by atoms with Crippen molar-refractivity contribution in [2.24, 2.45) is 0 Å². The molecular formula is C28H29BrFN3O6S. The Kier molecular flexibility index (Phi) is 9.31. The number of anilines is 1. The number of amides is 2. The van der Waals surface area contributed by atoms with Gasteiger partial charge in [-0.1, -0.05) is 28.1 Å². The third-order valence-electron chi connectivity index (χ3n) is 6.26. The minimum absolute atomic E-state index is 0.0535. The van der Waals surface area contributed by atoms with E-state index in [9.17, 15) is 22.4 Å². The minimum Gasteiger partial charge on any atom is -0.486 e. The molecule has 0 aromatic heterocycles. The zero-order chi connectivity index (χ0) is 28.9. The van der Waals surface area contributed by atoms with Gasteiger partial charge in [-0.05, 0) is 67.9 Å². The number of rotatable bonds is 10. The lowest BCUT2D eigenvalue weighted by molar-refractivity contribution is -0.139. The van der Waals surface area contributed by atoms with Crippen LogP contribution in [0, 0.1) is 5.82 Å². The molecule has 1 aliphatic rings. The van der Waals surface area contributed by atoms with Gasteiger partial charge in [0.15, 0.2) is 11.5 Å². The smallest absolute Gasteiger partial charge is 0.264 e. The molecule has 3 aromatic carbocycles. The Morgan fingerprint density at radius 3 is 2.40 bits per heavy atom. The lowest BCUT2D eigenvalue weighted by Gasteiger charge is -2.32. The van der Waals surface area contributed by atoms with Crippen molar-refractivity contribution < 1.29 is 31.9 Å². The molecule has 0 bridgehead atoms. The van der Waals surface area contributed by atoms with Crippen LogP contribution < -0.4 is 19.1 Å². The molecule has 3 aromatic rings. The van der Waals surface area contributed by atoms with Crippen molar-refractivity contribution in [2.75, 3.05) is 30.6 Å². The lowest BCUT2D eigenvalue weighted by Crippen LogP contribution is -2.51. The average molecular weight is 635 g/mol. The molecule has 0 aliphatic carbocycles. The van der Waals surface area contributed by atoms with Crippen molar-refractivity contribution >= 4 is 43.5 Å². The van der Waals surface area contributed by atoms with Crippen LogP contribution >= 0.6 is 15.9 Å². The molecule has 1 atom stereocenters. The Labute approximate surface area is 241 Å². The molecule has 0 radical (unpaired) electrons. The summed E-state index contributed by atoms with van der Waals surface area (Å²) in [5, 5.41) is 2.71. The Morgan fingerprint density at radius 1 is 1.02 bits per heavy atom. The van der Waals surface area contributed by atoms with Gasteiger partial charge in [0.25, 0.3) is 10.0 Å². The van der Waals surface area contributed by atoms with E-state index in [1.807, 2.05) is 12.1 Å². The van der Waals surface area contributed by atoms with Crippen LogP contribution in [0.5, 0.6) is 11.5 Å². The fourth-order valence-electron chi connectivity index (χ4n) is 4.18. The predicted molar refractivity (Wildman–Crippen MR) is 151 cm³/mol. The molecule has 1 N–H and O–H groups in total. The maximum atomic E-state index is 14.0. The lowest BCUT2D eigenvalue weighted by atomic mass is 10.1. The van der Waals surface area contributed by atoms with Crippen molar-refractivity contribution in [3.8, 4) is 11.5 Å². The molecule has 0 fully saturated rings. The number of carbonyl (C=O) groups excluding carboxylic acids is 2. The zero-order valence-corrected chi connectivity index (χ0v) is 24.4. The molecule has 0 saturated carbocycles. The normalized spacial score (nSPS) is 13.3. The summed E-state index contributed by atoms with van der Waals surface area (Å²) >= 11 is 3.41. The summed E-state index contributed by atoms with van der Waals surface area (Å²) in [6.45, 7) is 3.73. The SMILES string of the molecule is CCNC(=O)C(C)N(Cc1cccc(Br)c1)C(=O)CN(c1ccc(F)cc1)S(=O)(=O)c1ccc2c(c1)OCCO2. The van der Waals surface area contributed by atoms with Crippen LogP contribution in [-0.4, -0.2) is 57.5 Å². The second-order valence-electron chi connectivity index (χ2n) is 9.02. The van der Waals surface area contributed by atoms with E-state index in [0.29, 0.717) is 18.9 Å². The molecule has 1 aliphatic heterocycles. The van der Waals surface area contributed by atoms with E-state index in [4.69, 9.17) is 9.47 Å². The van der Waals surface area contributed by atoms with Crippen LogP contribution in [-0.2, 0) is 26.2 Å². The first kappa shape index (κ1) is 29.3. The van der Waals surface area contributed by atoms with E-state index in [2.05, 4.69) is 21.2 Å². The number of sulfonamides is 1. The monoisotopic (exact) mass is 633 g/mol. The highest BCUT2D eigenvalue weighted by atomic mass is 79.9. The highest BCUT2D eigenvalue weighted by Gasteiger charge is 2.33. The first-order valence-corrected chi connectivity index (χ1v) is 14.8. The number of hydrogen-bond donors (Lipinski definition) is 1. The molecule has 1 heterocycles. The van der Waals surface area contributed by atoms with E-state index in [-0.39, 0.29) is 35.4 Å². The van der Waals surface area contributed by atoms with Crippen molar-refractivity contribution in [1.29, 1.82) is 0 Å². The number of ether oxygens (including phenoxy) is 2. The molecule has 212 valence electrons. The van der Waals surface area contributed by atoms with E-state index in [1.165, 1.54) is 35.2 Å². The number of nitrogens with zero attached hydrogens (tertiary/aromatic N) is 2. The molecule has 4 rings (SSSR count). The van der Waals surface area contributed by atoms with Crippen molar-refractivity contribution in [3.05, 3.63) is 82.6 Å². The predicted octanol–water partition coefficient (Wildman–Crippen LogP) is 4.11. The van der Waals surface area contributed by atoms with Gasteiger partial charge in [0.1, 0.15) is 31.6 Å². The summed E-state index contributed by atoms with van der Waals surface area (Å²) in [5.74, 6) is -0.893. The zero-order valence-electron chi connectivity index (χ0n) is 22.0. The molecule has 0 saturated heterocycles. The fourth-order valence-corrected chi connectivity index (χ4v) is 6.06. The van der Waals surface area contributed by atoms with Gasteiger partial charge < -0.3 is 19.7 Å². The van der Waals surface area contributed by atoms with Gasteiger partial charge >= 0.3 is 0 Å². The Bertz CT molecular complexity index is 1490. The number of likely N-dealkylation sites (N-methyl/N-ethyl adjacent to an activating group) is 1. The molecule has 12 heteroatoms. The third kappa shape index (κ3) is 6.73. The summed E-state index contributed by atoms with van der Waals surface area (Å²) in [5.41, 5.74) is 0.819. The second kappa shape index (κ2) is 12.7. The summed E-state index contributed by atoms with van der Waals surface area (Å²) in [7, 11) is -4.35. The summed E-state index contributed by atoms with van der Waals surface area (Å²) in [6.07, 6.45) is 0. The van der Waals surface area contributed by atoms with Crippen LogP contribution in [0.25, 0.3) is 0 Å². The van der Waals surface area contributed by atoms with E-state index < -0.39 is 34.3 Å². The molecule has 0 spiro atoms. The summed E-state index contributed by atoms with van der Waals surface area (Å²) < 4.78 is 54.4. The number of benzene rings is 3. The largest absolute Gasteiger partial charge is 0.486 e.